The maximum atomic E-state index is 13.0. The van der Waals surface area contributed by atoms with Gasteiger partial charge in [-0.15, -0.1) is 0 Å². The average Bonchev–Trinajstić information content (AvgIpc) is 3.27. The van der Waals surface area contributed by atoms with E-state index in [1.165, 1.54) is 16.6 Å². The number of sulfonamides is 1. The molecule has 1 fully saturated rings. The van der Waals surface area contributed by atoms with Crippen molar-refractivity contribution in [3.63, 3.8) is 0 Å². The molecule has 1 aliphatic rings. The molecular weight excluding hydrogens is 394 g/mol. The number of furan rings is 1. The molecule has 156 valence electrons. The molecule has 8 nitrogen and oxygen atoms in total. The molecule has 2 amide bonds. The Kier molecular flexibility index (Phi) is 6.39. The van der Waals surface area contributed by atoms with Crippen molar-refractivity contribution >= 4 is 21.8 Å². The monoisotopic (exact) mass is 419 g/mol. The zero-order valence-corrected chi connectivity index (χ0v) is 17.3. The van der Waals surface area contributed by atoms with Gasteiger partial charge >= 0.3 is 0 Å². The summed E-state index contributed by atoms with van der Waals surface area (Å²) in [5.41, 5.74) is 0. The number of nitrogens with zero attached hydrogens (tertiary/aromatic N) is 2. The molecule has 9 heteroatoms. The Hall–Kier alpha value is -2.65. The molecule has 1 aliphatic heterocycles. The number of nitrogens with one attached hydrogen (secondary N) is 1. The second-order valence-corrected chi connectivity index (χ2v) is 9.15. The number of hydrogen-bond acceptors (Lipinski definition) is 5. The van der Waals surface area contributed by atoms with Crippen molar-refractivity contribution in [1.29, 1.82) is 0 Å². The van der Waals surface area contributed by atoms with E-state index < -0.39 is 22.0 Å². The first-order chi connectivity index (χ1) is 13.8. The molecule has 1 aromatic heterocycles. The molecular formula is C20H25N3O5S. The molecule has 3 rings (SSSR count). The van der Waals surface area contributed by atoms with Crippen LogP contribution in [0.5, 0.6) is 0 Å². The van der Waals surface area contributed by atoms with Crippen LogP contribution < -0.4 is 5.32 Å². The van der Waals surface area contributed by atoms with Gasteiger partial charge in [0.05, 0.1) is 11.2 Å². The van der Waals surface area contributed by atoms with Gasteiger partial charge in [-0.1, -0.05) is 32.0 Å². The van der Waals surface area contributed by atoms with E-state index in [4.69, 9.17) is 4.42 Å². The Morgan fingerprint density at radius 2 is 1.66 bits per heavy atom. The van der Waals surface area contributed by atoms with Crippen LogP contribution in [0.2, 0.25) is 0 Å². The van der Waals surface area contributed by atoms with Crippen LogP contribution in [0.1, 0.15) is 24.4 Å². The Balaban J connectivity index is 1.64. The minimum atomic E-state index is -3.58. The zero-order valence-electron chi connectivity index (χ0n) is 16.4. The first-order valence-electron chi connectivity index (χ1n) is 9.49. The van der Waals surface area contributed by atoms with Crippen LogP contribution in [-0.2, 0) is 14.8 Å². The van der Waals surface area contributed by atoms with E-state index in [1.807, 2.05) is 13.8 Å². The molecule has 0 spiro atoms. The molecule has 2 heterocycles. The zero-order chi connectivity index (χ0) is 21.0. The molecule has 1 saturated heterocycles. The maximum Gasteiger partial charge on any atom is 0.287 e. The van der Waals surface area contributed by atoms with E-state index in [0.717, 1.165) is 0 Å². The van der Waals surface area contributed by atoms with Crippen LogP contribution in [0.4, 0.5) is 0 Å². The smallest absolute Gasteiger partial charge is 0.287 e. The summed E-state index contributed by atoms with van der Waals surface area (Å²) in [6.07, 6.45) is 1.40. The largest absolute Gasteiger partial charge is 0.459 e. The first-order valence-corrected chi connectivity index (χ1v) is 10.9. The summed E-state index contributed by atoms with van der Waals surface area (Å²) in [6.45, 7) is 4.65. The minimum absolute atomic E-state index is 0.132. The number of hydrogen-bond donors (Lipinski definition) is 1. The standard InChI is InChI=1S/C20H25N3O5S/c1-15(2)18(21-19(24)17-9-6-14-28-17)20(25)22-10-12-23(13-11-22)29(26,27)16-7-4-3-5-8-16/h3-9,14-15,18H,10-13H2,1-2H3,(H,21,24)/t18-/m1/s1. The molecule has 0 aliphatic carbocycles. The van der Waals surface area contributed by atoms with Crippen molar-refractivity contribution in [3.05, 3.63) is 54.5 Å². The van der Waals surface area contributed by atoms with Crippen molar-refractivity contribution in [3.8, 4) is 0 Å². The fourth-order valence-electron chi connectivity index (χ4n) is 3.22. The molecule has 29 heavy (non-hydrogen) atoms. The molecule has 0 radical (unpaired) electrons. The number of piperazine rings is 1. The van der Waals surface area contributed by atoms with Crippen LogP contribution in [0, 0.1) is 5.92 Å². The summed E-state index contributed by atoms with van der Waals surface area (Å²) in [4.78, 5) is 27.1. The number of carbonyl (C=O) groups excluding carboxylic acids is 2. The predicted molar refractivity (Wildman–Crippen MR) is 107 cm³/mol. The lowest BCUT2D eigenvalue weighted by atomic mass is 10.0. The summed E-state index contributed by atoms with van der Waals surface area (Å²) >= 11 is 0. The molecule has 0 bridgehead atoms. The van der Waals surface area contributed by atoms with Gasteiger partial charge < -0.3 is 14.6 Å². The number of benzene rings is 1. The van der Waals surface area contributed by atoms with Crippen molar-refractivity contribution in [2.45, 2.75) is 24.8 Å². The molecule has 1 N–H and O–H groups in total. The van der Waals surface area contributed by atoms with Crippen molar-refractivity contribution in [2.75, 3.05) is 26.2 Å². The van der Waals surface area contributed by atoms with Crippen LogP contribution >= 0.6 is 0 Å². The number of rotatable bonds is 6. The van der Waals surface area contributed by atoms with Crippen LogP contribution in [0.3, 0.4) is 0 Å². The van der Waals surface area contributed by atoms with E-state index in [-0.39, 0.29) is 48.7 Å². The Morgan fingerprint density at radius 1 is 1.00 bits per heavy atom. The Labute approximate surface area is 170 Å². The van der Waals surface area contributed by atoms with Crippen LogP contribution in [0.25, 0.3) is 0 Å². The first kappa shape index (κ1) is 21.1. The molecule has 2 aromatic rings. The highest BCUT2D eigenvalue weighted by molar-refractivity contribution is 7.89. The Bertz CT molecular complexity index is 934. The quantitative estimate of drug-likeness (QED) is 0.766. The van der Waals surface area contributed by atoms with Crippen LogP contribution in [0.15, 0.2) is 58.0 Å². The molecule has 1 atom stereocenters. The summed E-state index contributed by atoms with van der Waals surface area (Å²) in [7, 11) is -3.58. The summed E-state index contributed by atoms with van der Waals surface area (Å²) in [6, 6.07) is 10.7. The molecule has 0 unspecified atom stereocenters. The van der Waals surface area contributed by atoms with Gasteiger partial charge in [0.2, 0.25) is 15.9 Å². The minimum Gasteiger partial charge on any atom is -0.459 e. The second-order valence-electron chi connectivity index (χ2n) is 7.21. The van der Waals surface area contributed by atoms with Crippen molar-refractivity contribution in [1.82, 2.24) is 14.5 Å². The predicted octanol–water partition coefficient (Wildman–Crippen LogP) is 1.57. The third-order valence-corrected chi connectivity index (χ3v) is 6.81. The van der Waals surface area contributed by atoms with Crippen LogP contribution in [-0.4, -0.2) is 61.7 Å². The van der Waals surface area contributed by atoms with Gasteiger partial charge in [0.15, 0.2) is 5.76 Å². The lowest BCUT2D eigenvalue weighted by Gasteiger charge is -2.36. The van der Waals surface area contributed by atoms with Gasteiger partial charge in [0, 0.05) is 26.2 Å². The van der Waals surface area contributed by atoms with Gasteiger partial charge in [-0.2, -0.15) is 4.31 Å². The van der Waals surface area contributed by atoms with Gasteiger partial charge in [0.25, 0.3) is 5.91 Å². The van der Waals surface area contributed by atoms with E-state index in [9.17, 15) is 18.0 Å². The second kappa shape index (κ2) is 8.79. The topological polar surface area (TPSA) is 99.9 Å². The van der Waals surface area contributed by atoms with Gasteiger partial charge in [0.1, 0.15) is 6.04 Å². The summed E-state index contributed by atoms with van der Waals surface area (Å²) < 4.78 is 31.9. The normalized spacial score (nSPS) is 16.6. The third-order valence-electron chi connectivity index (χ3n) is 4.90. The summed E-state index contributed by atoms with van der Waals surface area (Å²) in [5.74, 6) is -0.668. The van der Waals surface area contributed by atoms with Gasteiger partial charge in [-0.25, -0.2) is 8.42 Å². The fourth-order valence-corrected chi connectivity index (χ4v) is 4.66. The SMILES string of the molecule is CC(C)[C@@H](NC(=O)c1ccco1)C(=O)N1CCN(S(=O)(=O)c2ccccc2)CC1. The van der Waals surface area contributed by atoms with E-state index in [0.29, 0.717) is 0 Å². The van der Waals surface area contributed by atoms with Gasteiger partial charge in [-0.05, 0) is 30.2 Å². The Morgan fingerprint density at radius 3 is 2.21 bits per heavy atom. The van der Waals surface area contributed by atoms with Crippen molar-refractivity contribution in [2.24, 2.45) is 5.92 Å². The average molecular weight is 420 g/mol. The molecule has 1 aromatic carbocycles. The number of amides is 2. The van der Waals surface area contributed by atoms with Gasteiger partial charge in [-0.3, -0.25) is 9.59 Å². The fraction of sp³-hybridized carbons (Fsp3) is 0.400. The highest BCUT2D eigenvalue weighted by Crippen LogP contribution is 2.18. The van der Waals surface area contributed by atoms with Crippen molar-refractivity contribution < 1.29 is 22.4 Å². The lowest BCUT2D eigenvalue weighted by molar-refractivity contribution is -0.135. The maximum absolute atomic E-state index is 13.0. The summed E-state index contributed by atoms with van der Waals surface area (Å²) in [5, 5.41) is 2.73. The van der Waals surface area contributed by atoms with E-state index in [2.05, 4.69) is 5.32 Å². The third kappa shape index (κ3) is 4.68. The lowest BCUT2D eigenvalue weighted by Crippen LogP contribution is -2.57. The van der Waals surface area contributed by atoms with E-state index >= 15 is 0 Å². The highest BCUT2D eigenvalue weighted by Gasteiger charge is 2.34. The van der Waals surface area contributed by atoms with E-state index in [1.54, 1.807) is 41.3 Å². The highest BCUT2D eigenvalue weighted by atomic mass is 32.2. The number of carbonyl (C=O) groups is 2. The molecule has 0 saturated carbocycles.